The van der Waals surface area contributed by atoms with Crippen LogP contribution in [0.3, 0.4) is 0 Å². The highest BCUT2D eigenvalue weighted by atomic mass is 19.3. The Morgan fingerprint density at radius 2 is 1.92 bits per heavy atom. The zero-order valence-corrected chi connectivity index (χ0v) is 22.6. The second-order valence-electron chi connectivity index (χ2n) is 10.4. The predicted molar refractivity (Wildman–Crippen MR) is 141 cm³/mol. The number of benzene rings is 2. The maximum absolute atomic E-state index is 15.2. The maximum Gasteiger partial charge on any atom is 0.303 e. The predicted octanol–water partition coefficient (Wildman–Crippen LogP) is 4.97. The van der Waals surface area contributed by atoms with E-state index in [0.717, 1.165) is 19.9 Å². The number of methoxy groups -OCH3 is 1. The Morgan fingerprint density at radius 3 is 2.56 bits per heavy atom. The molecule has 208 valence electrons. The monoisotopic (exact) mass is 543 g/mol. The van der Waals surface area contributed by atoms with Gasteiger partial charge in [0.25, 0.3) is 0 Å². The van der Waals surface area contributed by atoms with Crippen LogP contribution in [-0.4, -0.2) is 54.2 Å². The lowest BCUT2D eigenvalue weighted by molar-refractivity contribution is -0.170. The van der Waals surface area contributed by atoms with E-state index in [0.29, 0.717) is 60.3 Å². The first kappa shape index (κ1) is 28.6. The fourth-order valence-electron chi connectivity index (χ4n) is 4.02. The number of ether oxygens (including phenoxy) is 3. The third kappa shape index (κ3) is 6.11. The van der Waals surface area contributed by atoms with Crippen LogP contribution in [0.5, 0.6) is 5.75 Å². The van der Waals surface area contributed by atoms with Gasteiger partial charge in [-0.15, -0.1) is 0 Å². The quantitative estimate of drug-likeness (QED) is 0.291. The molecule has 1 fully saturated rings. The summed E-state index contributed by atoms with van der Waals surface area (Å²) in [6, 6.07) is 7.27. The molecule has 1 aliphatic rings. The molecule has 2 heterocycles. The Hall–Kier alpha value is -3.39. The molecule has 2 N–H and O–H groups in total. The van der Waals surface area contributed by atoms with Crippen LogP contribution in [0.15, 0.2) is 30.3 Å². The Balaban J connectivity index is 1.70. The lowest BCUT2D eigenvalue weighted by atomic mass is 9.89. The summed E-state index contributed by atoms with van der Waals surface area (Å²) in [6.07, 6.45) is 0. The Bertz CT molecular complexity index is 1420. The molecular formula is C29H32F3N3O4. The van der Waals surface area contributed by atoms with E-state index in [1.54, 1.807) is 26.2 Å². The van der Waals surface area contributed by atoms with Crippen LogP contribution in [0.4, 0.5) is 19.0 Å². The van der Waals surface area contributed by atoms with Crippen molar-refractivity contribution in [2.24, 2.45) is 5.41 Å². The van der Waals surface area contributed by atoms with Gasteiger partial charge in [-0.05, 0) is 45.9 Å². The topological polar surface area (TPSA) is 85.7 Å². The van der Waals surface area contributed by atoms with Gasteiger partial charge in [-0.1, -0.05) is 24.0 Å². The molecule has 1 saturated heterocycles. The summed E-state index contributed by atoms with van der Waals surface area (Å²) in [7, 11) is 1.58. The minimum absolute atomic E-state index is 0.00384. The molecule has 0 unspecified atom stereocenters. The molecule has 0 amide bonds. The van der Waals surface area contributed by atoms with Gasteiger partial charge in [-0.3, -0.25) is 0 Å². The molecule has 0 atom stereocenters. The van der Waals surface area contributed by atoms with Crippen molar-refractivity contribution >= 4 is 16.7 Å². The van der Waals surface area contributed by atoms with Gasteiger partial charge in [0.05, 0.1) is 41.9 Å². The van der Waals surface area contributed by atoms with Crippen molar-refractivity contribution in [3.8, 4) is 17.6 Å². The molecule has 7 nitrogen and oxygen atoms in total. The highest BCUT2D eigenvalue weighted by Crippen LogP contribution is 2.40. The highest BCUT2D eigenvalue weighted by Gasteiger charge is 2.49. The van der Waals surface area contributed by atoms with Crippen molar-refractivity contribution in [1.29, 1.82) is 0 Å². The number of aryl methyl sites for hydroxylation is 1. The van der Waals surface area contributed by atoms with Gasteiger partial charge in [0.2, 0.25) is 0 Å². The summed E-state index contributed by atoms with van der Waals surface area (Å²) in [6.45, 7) is 7.28. The molecule has 0 radical (unpaired) electrons. The summed E-state index contributed by atoms with van der Waals surface area (Å²) in [5.74, 6) is 2.90. The van der Waals surface area contributed by atoms with Gasteiger partial charge in [0, 0.05) is 24.6 Å². The van der Waals surface area contributed by atoms with Crippen LogP contribution in [0.2, 0.25) is 0 Å². The number of halogens is 3. The van der Waals surface area contributed by atoms with Crippen LogP contribution < -0.4 is 10.1 Å². The van der Waals surface area contributed by atoms with Crippen molar-refractivity contribution < 1.29 is 32.5 Å². The normalized spacial score (nSPS) is 14.9. The SMILES string of the molecule is COCCOc1cc2c(NCc3cccc(C(F)(F)C(C)(C)O)c3F)nc(C)nc2cc1C#CC1(C)COC1. The van der Waals surface area contributed by atoms with Crippen LogP contribution in [0.1, 0.15) is 43.3 Å². The average Bonchev–Trinajstić information content (AvgIpc) is 2.85. The average molecular weight is 544 g/mol. The van der Waals surface area contributed by atoms with E-state index in [9.17, 15) is 13.9 Å². The number of hydrogen-bond acceptors (Lipinski definition) is 7. The van der Waals surface area contributed by atoms with Crippen LogP contribution >= 0.6 is 0 Å². The minimum atomic E-state index is -3.79. The van der Waals surface area contributed by atoms with Gasteiger partial charge >= 0.3 is 5.92 Å². The van der Waals surface area contributed by atoms with E-state index in [1.165, 1.54) is 12.1 Å². The molecule has 0 saturated carbocycles. The van der Waals surface area contributed by atoms with Crippen molar-refractivity contribution in [2.75, 3.05) is 38.9 Å². The summed E-state index contributed by atoms with van der Waals surface area (Å²) in [5.41, 5.74) is -2.32. The second-order valence-corrected chi connectivity index (χ2v) is 10.4. The molecule has 4 rings (SSSR count). The van der Waals surface area contributed by atoms with Crippen LogP contribution in [-0.2, 0) is 21.9 Å². The van der Waals surface area contributed by atoms with E-state index in [4.69, 9.17) is 14.2 Å². The Morgan fingerprint density at radius 1 is 1.18 bits per heavy atom. The van der Waals surface area contributed by atoms with Gasteiger partial charge < -0.3 is 24.6 Å². The Labute approximate surface area is 225 Å². The molecule has 0 bridgehead atoms. The van der Waals surface area contributed by atoms with Gasteiger partial charge in [-0.25, -0.2) is 14.4 Å². The number of fused-ring (bicyclic) bond motifs is 1. The lowest BCUT2D eigenvalue weighted by Gasteiger charge is -2.32. The van der Waals surface area contributed by atoms with Gasteiger partial charge in [-0.2, -0.15) is 8.78 Å². The molecular weight excluding hydrogens is 511 g/mol. The van der Waals surface area contributed by atoms with E-state index >= 15 is 4.39 Å². The number of anilines is 1. The number of nitrogens with one attached hydrogen (secondary N) is 1. The molecule has 1 aliphatic heterocycles. The first-order valence-electron chi connectivity index (χ1n) is 12.5. The fraction of sp³-hybridized carbons (Fsp3) is 0.448. The van der Waals surface area contributed by atoms with E-state index in [-0.39, 0.29) is 17.5 Å². The number of hydrogen-bond donors (Lipinski definition) is 2. The van der Waals surface area contributed by atoms with Crippen molar-refractivity contribution in [3.05, 3.63) is 58.7 Å². The largest absolute Gasteiger partial charge is 0.490 e. The maximum atomic E-state index is 15.2. The molecule has 1 aromatic heterocycles. The van der Waals surface area contributed by atoms with Gasteiger partial charge in [0.1, 0.15) is 35.4 Å². The molecule has 2 aromatic carbocycles. The van der Waals surface area contributed by atoms with Gasteiger partial charge in [0.15, 0.2) is 0 Å². The summed E-state index contributed by atoms with van der Waals surface area (Å²) >= 11 is 0. The van der Waals surface area contributed by atoms with Crippen molar-refractivity contribution in [3.63, 3.8) is 0 Å². The highest BCUT2D eigenvalue weighted by molar-refractivity contribution is 5.91. The van der Waals surface area contributed by atoms with E-state index in [2.05, 4.69) is 27.1 Å². The van der Waals surface area contributed by atoms with Crippen LogP contribution in [0.25, 0.3) is 10.9 Å². The number of rotatable bonds is 9. The zero-order chi connectivity index (χ0) is 28.4. The van der Waals surface area contributed by atoms with Crippen LogP contribution in [0, 0.1) is 30.0 Å². The summed E-state index contributed by atoms with van der Waals surface area (Å²) in [4.78, 5) is 9.00. The summed E-state index contributed by atoms with van der Waals surface area (Å²) in [5, 5.41) is 13.6. The van der Waals surface area contributed by atoms with Crippen molar-refractivity contribution in [2.45, 2.75) is 45.8 Å². The lowest BCUT2D eigenvalue weighted by Crippen LogP contribution is -2.41. The first-order chi connectivity index (χ1) is 18.3. The smallest absolute Gasteiger partial charge is 0.303 e. The number of nitrogens with zero attached hydrogens (tertiary/aromatic N) is 2. The second kappa shape index (κ2) is 11.0. The minimum Gasteiger partial charge on any atom is -0.490 e. The standard InChI is InChI=1S/C29H32F3N3O4/c1-18-34-23-13-19(9-10-28(4)16-38-17-28)24(39-12-11-37-5)14-21(23)26(35-18)33-15-20-7-6-8-22(25(20)30)29(31,32)27(2,3)36/h6-8,13-14,36H,11-12,15-17H2,1-5H3,(H,33,34,35). The summed E-state index contributed by atoms with van der Waals surface area (Å²) < 4.78 is 61.0. The number of aliphatic hydroxyl groups is 1. The zero-order valence-electron chi connectivity index (χ0n) is 22.6. The molecule has 39 heavy (non-hydrogen) atoms. The first-order valence-corrected chi connectivity index (χ1v) is 12.5. The molecule has 10 heteroatoms. The third-order valence-electron chi connectivity index (χ3n) is 6.43. The van der Waals surface area contributed by atoms with E-state index < -0.39 is 22.9 Å². The van der Waals surface area contributed by atoms with Crippen molar-refractivity contribution in [1.82, 2.24) is 9.97 Å². The molecule has 3 aromatic rings. The van der Waals surface area contributed by atoms with E-state index in [1.807, 2.05) is 6.92 Å². The number of alkyl halides is 2. The number of aromatic nitrogens is 2. The fourth-order valence-corrected chi connectivity index (χ4v) is 4.02. The molecule has 0 spiro atoms. The Kier molecular flexibility index (Phi) is 8.07. The molecule has 0 aliphatic carbocycles. The third-order valence-corrected chi connectivity index (χ3v) is 6.43.